The number of rotatable bonds is 8. The van der Waals surface area contributed by atoms with E-state index in [1.54, 1.807) is 16.9 Å². The quantitative estimate of drug-likeness (QED) is 0.309. The number of ether oxygens (including phenoxy) is 2. The summed E-state index contributed by atoms with van der Waals surface area (Å²) >= 11 is 0. The lowest BCUT2D eigenvalue weighted by molar-refractivity contribution is 0.0343. The van der Waals surface area contributed by atoms with Crippen LogP contribution in [0.15, 0.2) is 76.7 Å². The highest BCUT2D eigenvalue weighted by atomic mass is 32.2. The average Bonchev–Trinajstić information content (AvgIpc) is 3.44. The van der Waals surface area contributed by atoms with Crippen LogP contribution in [-0.2, 0) is 19.3 Å². The number of nitrogens with one attached hydrogen (secondary N) is 2. The van der Waals surface area contributed by atoms with E-state index in [0.29, 0.717) is 54.6 Å². The number of anilines is 1. The Kier molecular flexibility index (Phi) is 8.28. The monoisotopic (exact) mass is 611 g/mol. The normalized spacial score (nSPS) is 19.3. The largest absolute Gasteiger partial charge is 0.377 e. The van der Waals surface area contributed by atoms with Crippen LogP contribution in [0.1, 0.15) is 29.6 Å². The molecule has 0 saturated carbocycles. The van der Waals surface area contributed by atoms with E-state index < -0.39 is 26.4 Å². The average molecular weight is 612 g/mol. The van der Waals surface area contributed by atoms with Gasteiger partial charge in [0.15, 0.2) is 0 Å². The molecule has 13 heteroatoms. The van der Waals surface area contributed by atoms with Crippen molar-refractivity contribution < 1.29 is 31.5 Å². The molecule has 1 amide bonds. The van der Waals surface area contributed by atoms with Gasteiger partial charge < -0.3 is 20.1 Å². The summed E-state index contributed by atoms with van der Waals surface area (Å²) in [5.41, 5.74) is 1.84. The van der Waals surface area contributed by atoms with Crippen molar-refractivity contribution in [3.8, 4) is 0 Å². The highest BCUT2D eigenvalue weighted by Crippen LogP contribution is 2.27. The number of hydrogen-bond donors (Lipinski definition) is 2. The number of hydrogen-bond acceptors (Lipinski definition) is 8. The molecule has 0 radical (unpaired) electrons. The van der Waals surface area contributed by atoms with Gasteiger partial charge >= 0.3 is 0 Å². The second-order valence-electron chi connectivity index (χ2n) is 10.5. The Labute approximate surface area is 247 Å². The van der Waals surface area contributed by atoms with Crippen molar-refractivity contribution >= 4 is 32.3 Å². The Morgan fingerprint density at radius 3 is 2.60 bits per heavy atom. The van der Waals surface area contributed by atoms with E-state index in [0.717, 1.165) is 31.4 Å². The fourth-order valence-electron chi connectivity index (χ4n) is 5.39. The minimum atomic E-state index is -4.17. The van der Waals surface area contributed by atoms with Crippen molar-refractivity contribution in [2.75, 3.05) is 43.2 Å². The number of halogens is 2. The van der Waals surface area contributed by atoms with Crippen LogP contribution in [0.25, 0.3) is 10.9 Å². The Balaban J connectivity index is 1.19. The molecule has 3 aromatic carbocycles. The molecule has 0 bridgehead atoms. The standard InChI is InChI=1S/C30H31F2N5O5S/c31-21-14-22(32)16-25(15-21)43(39,40)24-8-9-28-20(13-24)17-34-37(28)36-10-12-41-19-23(36)18-33-30(38)26-5-1-2-6-27(26)35-29-7-3-4-11-42-29/h1-2,5-6,8-9,13-17,23,29,35H,3-4,7,10-12,18-19H2,(H,33,38). The second-order valence-corrected chi connectivity index (χ2v) is 12.5. The smallest absolute Gasteiger partial charge is 0.253 e. The molecule has 2 N–H and O–H groups in total. The number of benzene rings is 3. The Bertz CT molecular complexity index is 1720. The molecule has 2 fully saturated rings. The maximum Gasteiger partial charge on any atom is 0.253 e. The number of aromatic nitrogens is 2. The van der Waals surface area contributed by atoms with Gasteiger partial charge in [0.1, 0.15) is 17.9 Å². The molecule has 2 atom stereocenters. The van der Waals surface area contributed by atoms with Gasteiger partial charge in [-0.1, -0.05) is 12.1 Å². The van der Waals surface area contributed by atoms with Crippen LogP contribution in [0.4, 0.5) is 14.5 Å². The first-order chi connectivity index (χ1) is 20.8. The number of fused-ring (bicyclic) bond motifs is 1. The third kappa shape index (κ3) is 6.19. The molecule has 3 heterocycles. The van der Waals surface area contributed by atoms with Crippen LogP contribution in [-0.4, -0.2) is 69.4 Å². The molecule has 6 rings (SSSR count). The van der Waals surface area contributed by atoms with Crippen molar-refractivity contribution in [1.82, 2.24) is 15.2 Å². The first kappa shape index (κ1) is 29.0. The zero-order chi connectivity index (χ0) is 30.0. The number of amides is 1. The summed E-state index contributed by atoms with van der Waals surface area (Å²) < 4.78 is 65.2. The van der Waals surface area contributed by atoms with Crippen LogP contribution in [0, 0.1) is 11.6 Å². The van der Waals surface area contributed by atoms with E-state index in [1.165, 1.54) is 18.3 Å². The van der Waals surface area contributed by atoms with Crippen LogP contribution in [0.2, 0.25) is 0 Å². The third-order valence-corrected chi connectivity index (χ3v) is 9.31. The van der Waals surface area contributed by atoms with E-state index in [1.807, 2.05) is 23.2 Å². The van der Waals surface area contributed by atoms with E-state index in [2.05, 4.69) is 15.7 Å². The van der Waals surface area contributed by atoms with E-state index in [-0.39, 0.29) is 29.6 Å². The molecular formula is C30H31F2N5O5S. The van der Waals surface area contributed by atoms with Crippen molar-refractivity contribution in [3.05, 3.63) is 84.1 Å². The zero-order valence-corrected chi connectivity index (χ0v) is 24.0. The lowest BCUT2D eigenvalue weighted by atomic mass is 10.1. The van der Waals surface area contributed by atoms with Gasteiger partial charge in [-0.05, 0) is 61.7 Å². The molecule has 2 aliphatic rings. The van der Waals surface area contributed by atoms with Gasteiger partial charge in [0.05, 0.1) is 52.9 Å². The fourth-order valence-corrected chi connectivity index (χ4v) is 6.73. The van der Waals surface area contributed by atoms with Gasteiger partial charge in [-0.15, -0.1) is 0 Å². The predicted octanol–water partition coefficient (Wildman–Crippen LogP) is 3.85. The second kappa shape index (κ2) is 12.3. The van der Waals surface area contributed by atoms with Gasteiger partial charge in [-0.2, -0.15) is 9.89 Å². The highest BCUT2D eigenvalue weighted by molar-refractivity contribution is 7.91. The minimum absolute atomic E-state index is 0.110. The van der Waals surface area contributed by atoms with Crippen molar-refractivity contribution in [2.45, 2.75) is 41.3 Å². The highest BCUT2D eigenvalue weighted by Gasteiger charge is 2.27. The Morgan fingerprint density at radius 2 is 1.81 bits per heavy atom. The summed E-state index contributed by atoms with van der Waals surface area (Å²) in [5.74, 6) is -2.19. The Morgan fingerprint density at radius 1 is 1.00 bits per heavy atom. The maximum atomic E-state index is 13.7. The van der Waals surface area contributed by atoms with E-state index in [4.69, 9.17) is 9.47 Å². The van der Waals surface area contributed by atoms with Crippen molar-refractivity contribution in [3.63, 3.8) is 0 Å². The summed E-state index contributed by atoms with van der Waals surface area (Å²) in [4.78, 5) is 14.4. The predicted molar refractivity (Wildman–Crippen MR) is 155 cm³/mol. The minimum Gasteiger partial charge on any atom is -0.377 e. The molecule has 10 nitrogen and oxygen atoms in total. The van der Waals surface area contributed by atoms with Gasteiger partial charge in [0.25, 0.3) is 5.91 Å². The molecule has 2 unspecified atom stereocenters. The molecule has 2 aliphatic heterocycles. The van der Waals surface area contributed by atoms with Gasteiger partial charge in [0, 0.05) is 30.3 Å². The molecule has 0 spiro atoms. The number of carbonyl (C=O) groups is 1. The van der Waals surface area contributed by atoms with E-state index in [9.17, 15) is 22.0 Å². The molecule has 226 valence electrons. The topological polar surface area (TPSA) is 115 Å². The van der Waals surface area contributed by atoms with Crippen LogP contribution in [0.5, 0.6) is 0 Å². The zero-order valence-electron chi connectivity index (χ0n) is 23.2. The van der Waals surface area contributed by atoms with Crippen LogP contribution in [0.3, 0.4) is 0 Å². The number of nitrogens with zero attached hydrogens (tertiary/aromatic N) is 3. The van der Waals surface area contributed by atoms with Crippen molar-refractivity contribution in [1.29, 1.82) is 0 Å². The van der Waals surface area contributed by atoms with Gasteiger partial charge in [0.2, 0.25) is 9.84 Å². The first-order valence-electron chi connectivity index (χ1n) is 14.1. The molecule has 43 heavy (non-hydrogen) atoms. The fraction of sp³-hybridized carbons (Fsp3) is 0.333. The number of morpholine rings is 1. The number of para-hydroxylation sites is 1. The van der Waals surface area contributed by atoms with Crippen molar-refractivity contribution in [2.24, 2.45) is 0 Å². The van der Waals surface area contributed by atoms with Gasteiger partial charge in [-0.25, -0.2) is 17.2 Å². The van der Waals surface area contributed by atoms with E-state index >= 15 is 0 Å². The summed E-state index contributed by atoms with van der Waals surface area (Å²) in [6.07, 6.45) is 4.36. The molecule has 0 aliphatic carbocycles. The molecule has 1 aromatic heterocycles. The van der Waals surface area contributed by atoms with Gasteiger partial charge in [-0.3, -0.25) is 9.80 Å². The maximum absolute atomic E-state index is 13.7. The lowest BCUT2D eigenvalue weighted by Crippen LogP contribution is -2.56. The molecule has 2 saturated heterocycles. The summed E-state index contributed by atoms with van der Waals surface area (Å²) in [6, 6.07) is 13.7. The SMILES string of the molecule is O=C(NCC1COCCN1n1ncc2cc(S(=O)(=O)c3cc(F)cc(F)c3)ccc21)c1ccccc1NC1CCCCO1. The molecular weight excluding hydrogens is 580 g/mol. The first-order valence-corrected chi connectivity index (χ1v) is 15.6. The Hall–Kier alpha value is -4.07. The lowest BCUT2D eigenvalue weighted by Gasteiger charge is -2.37. The third-order valence-electron chi connectivity index (χ3n) is 7.58. The number of carbonyl (C=O) groups excluding carboxylic acids is 1. The molecule has 4 aromatic rings. The summed E-state index contributed by atoms with van der Waals surface area (Å²) in [5, 5.41) is 13.3. The van der Waals surface area contributed by atoms with Crippen LogP contribution >= 0.6 is 0 Å². The summed E-state index contributed by atoms with van der Waals surface area (Å²) in [6.45, 7) is 2.23. The van der Waals surface area contributed by atoms with Crippen LogP contribution < -0.4 is 15.6 Å². The number of sulfone groups is 1. The summed E-state index contributed by atoms with van der Waals surface area (Å²) in [7, 11) is -4.17.